The number of esters is 1. The first-order valence-corrected chi connectivity index (χ1v) is 10.4. The molecule has 0 heterocycles. The molecular weight excluding hydrogens is 356 g/mol. The van der Waals surface area contributed by atoms with E-state index in [-0.39, 0.29) is 24.0 Å². The second-order valence-corrected chi connectivity index (χ2v) is 9.14. The summed E-state index contributed by atoms with van der Waals surface area (Å²) < 4.78 is 5.30. The summed E-state index contributed by atoms with van der Waals surface area (Å²) in [7, 11) is 1.87. The number of nitrogens with one attached hydrogen (secondary N) is 2. The van der Waals surface area contributed by atoms with Gasteiger partial charge in [-0.2, -0.15) is 0 Å². The molecule has 0 spiro atoms. The van der Waals surface area contributed by atoms with Crippen LogP contribution in [-0.4, -0.2) is 60.6 Å². The number of rotatable bonds is 10. The van der Waals surface area contributed by atoms with Crippen LogP contribution in [0.2, 0.25) is 0 Å². The standard InChI is InChI=1S/C21H42N4O3/c1-9-22-19(25(8)16-17(26)24-20(2,3)4)23-15-13-11-10-12-14-18(27)28-21(5,6)7/h9-16H2,1-8H3,(H,22,23)(H,24,26). The van der Waals surface area contributed by atoms with E-state index in [9.17, 15) is 9.59 Å². The molecule has 28 heavy (non-hydrogen) atoms. The van der Waals surface area contributed by atoms with Crippen molar-refractivity contribution in [3.05, 3.63) is 0 Å². The van der Waals surface area contributed by atoms with Crippen LogP contribution in [0, 0.1) is 0 Å². The number of carbonyl (C=O) groups excluding carboxylic acids is 2. The fraction of sp³-hybridized carbons (Fsp3) is 0.857. The minimum atomic E-state index is -0.412. The third-order valence-electron chi connectivity index (χ3n) is 3.56. The number of nitrogens with zero attached hydrogens (tertiary/aromatic N) is 2. The number of likely N-dealkylation sites (N-methyl/N-ethyl adjacent to an activating group) is 1. The molecule has 7 nitrogen and oxygen atoms in total. The highest BCUT2D eigenvalue weighted by atomic mass is 16.6. The molecule has 0 rings (SSSR count). The summed E-state index contributed by atoms with van der Waals surface area (Å²) in [5, 5.41) is 6.18. The normalized spacial score (nSPS) is 12.5. The van der Waals surface area contributed by atoms with Gasteiger partial charge in [-0.3, -0.25) is 14.6 Å². The lowest BCUT2D eigenvalue weighted by Gasteiger charge is -2.25. The van der Waals surface area contributed by atoms with Crippen molar-refractivity contribution in [1.82, 2.24) is 15.5 Å². The lowest BCUT2D eigenvalue weighted by atomic mass is 10.1. The van der Waals surface area contributed by atoms with Gasteiger partial charge in [0.1, 0.15) is 5.60 Å². The second kappa shape index (κ2) is 12.6. The van der Waals surface area contributed by atoms with Crippen molar-refractivity contribution in [3.63, 3.8) is 0 Å². The number of aliphatic imine (C=N–C) groups is 1. The Hall–Kier alpha value is -1.79. The fourth-order valence-electron chi connectivity index (χ4n) is 2.53. The van der Waals surface area contributed by atoms with Crippen molar-refractivity contribution < 1.29 is 14.3 Å². The third kappa shape index (κ3) is 15.3. The van der Waals surface area contributed by atoms with E-state index in [0.717, 1.165) is 38.2 Å². The Labute approximate surface area is 171 Å². The van der Waals surface area contributed by atoms with Gasteiger partial charge in [0.15, 0.2) is 5.96 Å². The van der Waals surface area contributed by atoms with E-state index in [1.807, 2.05) is 60.4 Å². The van der Waals surface area contributed by atoms with Crippen LogP contribution >= 0.6 is 0 Å². The maximum atomic E-state index is 12.1. The highest BCUT2D eigenvalue weighted by Gasteiger charge is 2.17. The van der Waals surface area contributed by atoms with Gasteiger partial charge in [0.25, 0.3) is 0 Å². The van der Waals surface area contributed by atoms with Gasteiger partial charge in [-0.1, -0.05) is 12.8 Å². The molecule has 0 fully saturated rings. The van der Waals surface area contributed by atoms with Gasteiger partial charge >= 0.3 is 5.97 Å². The summed E-state index contributed by atoms with van der Waals surface area (Å²) in [5.41, 5.74) is -0.656. The number of amides is 1. The third-order valence-corrected chi connectivity index (χ3v) is 3.56. The molecule has 7 heteroatoms. The lowest BCUT2D eigenvalue weighted by molar-refractivity contribution is -0.154. The SMILES string of the molecule is CCNC(=NCCCCCCC(=O)OC(C)(C)C)N(C)CC(=O)NC(C)(C)C. The molecule has 0 bridgehead atoms. The molecule has 0 aliphatic rings. The van der Waals surface area contributed by atoms with Crippen molar-refractivity contribution in [2.45, 2.75) is 91.7 Å². The van der Waals surface area contributed by atoms with Crippen LogP contribution in [0.15, 0.2) is 4.99 Å². The maximum Gasteiger partial charge on any atom is 0.306 e. The summed E-state index contributed by atoms with van der Waals surface area (Å²) >= 11 is 0. The molecule has 0 saturated heterocycles. The molecule has 0 saturated carbocycles. The van der Waals surface area contributed by atoms with Crippen LogP contribution in [0.4, 0.5) is 0 Å². The number of carbonyl (C=O) groups is 2. The molecule has 0 aromatic heterocycles. The molecule has 0 radical (unpaired) electrons. The van der Waals surface area contributed by atoms with Crippen molar-refractivity contribution in [3.8, 4) is 0 Å². The van der Waals surface area contributed by atoms with Crippen molar-refractivity contribution in [2.24, 2.45) is 4.99 Å². The van der Waals surface area contributed by atoms with Gasteiger partial charge in [-0.25, -0.2) is 0 Å². The zero-order chi connectivity index (χ0) is 21.8. The first kappa shape index (κ1) is 26.2. The molecule has 0 aliphatic heterocycles. The smallest absolute Gasteiger partial charge is 0.306 e. The van der Waals surface area contributed by atoms with E-state index >= 15 is 0 Å². The summed E-state index contributed by atoms with van der Waals surface area (Å²) in [4.78, 5) is 30.2. The number of unbranched alkanes of at least 4 members (excludes halogenated alkanes) is 3. The highest BCUT2D eigenvalue weighted by Crippen LogP contribution is 2.11. The Morgan fingerprint density at radius 1 is 1.00 bits per heavy atom. The van der Waals surface area contributed by atoms with Gasteiger partial charge in [-0.05, 0) is 61.3 Å². The molecule has 0 unspecified atom stereocenters. The molecule has 0 aromatic rings. The predicted molar refractivity (Wildman–Crippen MR) is 115 cm³/mol. The Kier molecular flexibility index (Phi) is 11.8. The summed E-state index contributed by atoms with van der Waals surface area (Å²) in [6.07, 6.45) is 4.25. The monoisotopic (exact) mass is 398 g/mol. The first-order valence-electron chi connectivity index (χ1n) is 10.4. The number of ether oxygens (including phenoxy) is 1. The number of hydrogen-bond acceptors (Lipinski definition) is 4. The van der Waals surface area contributed by atoms with Crippen molar-refractivity contribution >= 4 is 17.8 Å². The second-order valence-electron chi connectivity index (χ2n) is 9.14. The van der Waals surface area contributed by atoms with E-state index in [4.69, 9.17) is 4.74 Å². The van der Waals surface area contributed by atoms with Crippen molar-refractivity contribution in [1.29, 1.82) is 0 Å². The molecule has 0 atom stereocenters. The van der Waals surface area contributed by atoms with Crippen LogP contribution in [0.1, 0.15) is 80.6 Å². The molecule has 0 aliphatic carbocycles. The van der Waals surface area contributed by atoms with E-state index in [1.54, 1.807) is 0 Å². The Morgan fingerprint density at radius 3 is 2.14 bits per heavy atom. The Bertz CT molecular complexity index is 505. The van der Waals surface area contributed by atoms with Gasteiger partial charge in [0.05, 0.1) is 6.54 Å². The predicted octanol–water partition coefficient (Wildman–Crippen LogP) is 3.09. The average Bonchev–Trinajstić information content (AvgIpc) is 2.49. The van der Waals surface area contributed by atoms with Gasteiger partial charge in [0, 0.05) is 32.1 Å². The minimum absolute atomic E-state index is 0.0252. The van der Waals surface area contributed by atoms with E-state index in [2.05, 4.69) is 15.6 Å². The van der Waals surface area contributed by atoms with Gasteiger partial charge in [-0.15, -0.1) is 0 Å². The molecular formula is C21H42N4O3. The summed E-state index contributed by atoms with van der Waals surface area (Å²) in [6, 6.07) is 0. The average molecular weight is 399 g/mol. The van der Waals surface area contributed by atoms with E-state index < -0.39 is 5.60 Å². The zero-order valence-electron chi connectivity index (χ0n) is 19.3. The molecule has 0 aromatic carbocycles. The van der Waals surface area contributed by atoms with E-state index in [0.29, 0.717) is 13.0 Å². The zero-order valence-corrected chi connectivity index (χ0v) is 19.3. The lowest BCUT2D eigenvalue weighted by Crippen LogP contribution is -2.48. The number of hydrogen-bond donors (Lipinski definition) is 2. The van der Waals surface area contributed by atoms with E-state index in [1.165, 1.54) is 0 Å². The van der Waals surface area contributed by atoms with Crippen LogP contribution in [0.3, 0.4) is 0 Å². The topological polar surface area (TPSA) is 83.0 Å². The Morgan fingerprint density at radius 2 is 1.61 bits per heavy atom. The maximum absolute atomic E-state index is 12.1. The van der Waals surface area contributed by atoms with Crippen LogP contribution in [-0.2, 0) is 14.3 Å². The van der Waals surface area contributed by atoms with Crippen LogP contribution < -0.4 is 10.6 Å². The highest BCUT2D eigenvalue weighted by molar-refractivity contribution is 5.86. The minimum Gasteiger partial charge on any atom is -0.460 e. The van der Waals surface area contributed by atoms with Gasteiger partial charge < -0.3 is 20.3 Å². The largest absolute Gasteiger partial charge is 0.460 e. The summed E-state index contributed by atoms with van der Waals surface area (Å²) in [6.45, 7) is 15.3. The van der Waals surface area contributed by atoms with Gasteiger partial charge in [0.2, 0.25) is 5.91 Å². The van der Waals surface area contributed by atoms with Crippen LogP contribution in [0.5, 0.6) is 0 Å². The quantitative estimate of drug-likeness (QED) is 0.256. The summed E-state index contributed by atoms with van der Waals surface area (Å²) in [5.74, 6) is 0.582. The molecule has 164 valence electrons. The van der Waals surface area contributed by atoms with Crippen molar-refractivity contribution in [2.75, 3.05) is 26.7 Å². The Balaban J connectivity index is 4.20. The first-order chi connectivity index (χ1) is 12.8. The fourth-order valence-corrected chi connectivity index (χ4v) is 2.53. The molecule has 1 amide bonds. The molecule has 2 N–H and O–H groups in total. The number of guanidine groups is 1. The van der Waals surface area contributed by atoms with Crippen LogP contribution in [0.25, 0.3) is 0 Å².